The number of ether oxygens (including phenoxy) is 1. The Morgan fingerprint density at radius 3 is 2.86 bits per heavy atom. The molecular formula is C15H15NO4S. The summed E-state index contributed by atoms with van der Waals surface area (Å²) in [6.07, 6.45) is 1.65. The van der Waals surface area contributed by atoms with Crippen molar-refractivity contribution in [1.29, 1.82) is 0 Å². The average molecular weight is 305 g/mol. The number of carbonyl (C=O) groups is 3. The predicted octanol–water partition coefficient (Wildman–Crippen LogP) is 1.88. The van der Waals surface area contributed by atoms with Crippen LogP contribution in [0.4, 0.5) is 0 Å². The second-order valence-corrected chi connectivity index (χ2v) is 5.67. The Morgan fingerprint density at radius 2 is 2.19 bits per heavy atom. The zero-order chi connectivity index (χ0) is 15.4. The number of carbonyl (C=O) groups excluding carboxylic acids is 3. The molecule has 110 valence electrons. The summed E-state index contributed by atoms with van der Waals surface area (Å²) in [7, 11) is 1.31. The highest BCUT2D eigenvalue weighted by molar-refractivity contribution is 8.00. The third kappa shape index (κ3) is 3.16. The minimum Gasteiger partial charge on any atom is -0.465 e. The number of methoxy groups -OCH3 is 1. The van der Waals surface area contributed by atoms with E-state index in [0.29, 0.717) is 10.5 Å². The Kier molecular flexibility index (Phi) is 4.80. The highest BCUT2D eigenvalue weighted by Crippen LogP contribution is 2.33. The van der Waals surface area contributed by atoms with E-state index in [2.05, 4.69) is 6.58 Å². The quantitative estimate of drug-likeness (QED) is 0.472. The summed E-state index contributed by atoms with van der Waals surface area (Å²) in [4.78, 5) is 37.5. The van der Waals surface area contributed by atoms with Gasteiger partial charge in [-0.1, -0.05) is 18.2 Å². The lowest BCUT2D eigenvalue weighted by molar-refractivity contribution is -0.137. The first kappa shape index (κ1) is 15.3. The zero-order valence-electron chi connectivity index (χ0n) is 11.6. The van der Waals surface area contributed by atoms with Crippen molar-refractivity contribution in [2.45, 2.75) is 16.6 Å². The summed E-state index contributed by atoms with van der Waals surface area (Å²) in [6.45, 7) is 3.75. The van der Waals surface area contributed by atoms with Crippen molar-refractivity contribution in [2.24, 2.45) is 0 Å². The maximum Gasteiger partial charge on any atom is 0.338 e. The molecule has 1 fully saturated rings. The van der Waals surface area contributed by atoms with Gasteiger partial charge in [0.2, 0.25) is 11.8 Å². The third-order valence-electron chi connectivity index (χ3n) is 3.08. The molecule has 1 aromatic carbocycles. The highest BCUT2D eigenvalue weighted by Gasteiger charge is 2.38. The van der Waals surface area contributed by atoms with E-state index in [1.165, 1.54) is 29.8 Å². The molecular weight excluding hydrogens is 290 g/mol. The van der Waals surface area contributed by atoms with Crippen molar-refractivity contribution in [3.05, 3.63) is 42.5 Å². The summed E-state index contributed by atoms with van der Waals surface area (Å²) in [5, 5.41) is -0.511. The van der Waals surface area contributed by atoms with Crippen molar-refractivity contribution in [2.75, 3.05) is 13.7 Å². The summed E-state index contributed by atoms with van der Waals surface area (Å²) in [5.74, 6) is -0.921. The summed E-state index contributed by atoms with van der Waals surface area (Å²) in [6, 6.07) is 6.88. The van der Waals surface area contributed by atoms with Gasteiger partial charge in [-0.25, -0.2) is 4.79 Å². The molecule has 0 aromatic heterocycles. The van der Waals surface area contributed by atoms with Gasteiger partial charge in [-0.2, -0.15) is 0 Å². The molecule has 1 saturated heterocycles. The van der Waals surface area contributed by atoms with E-state index in [0.717, 1.165) is 0 Å². The second kappa shape index (κ2) is 6.58. The van der Waals surface area contributed by atoms with Crippen LogP contribution < -0.4 is 0 Å². The fourth-order valence-corrected chi connectivity index (χ4v) is 3.26. The molecule has 0 unspecified atom stereocenters. The van der Waals surface area contributed by atoms with Crippen molar-refractivity contribution in [3.8, 4) is 0 Å². The molecule has 6 heteroatoms. The molecule has 2 amide bonds. The van der Waals surface area contributed by atoms with Crippen LogP contribution in [0.2, 0.25) is 0 Å². The first-order chi connectivity index (χ1) is 10.1. The number of rotatable bonds is 5. The van der Waals surface area contributed by atoms with Gasteiger partial charge in [0.05, 0.1) is 17.9 Å². The minimum atomic E-state index is -0.511. The number of likely N-dealkylation sites (tertiary alicyclic amines) is 1. The Bertz CT molecular complexity index is 599. The molecule has 0 N–H and O–H groups in total. The van der Waals surface area contributed by atoms with E-state index in [4.69, 9.17) is 4.74 Å². The van der Waals surface area contributed by atoms with E-state index in [1.54, 1.807) is 24.3 Å². The first-order valence-corrected chi connectivity index (χ1v) is 7.25. The molecule has 1 aliphatic heterocycles. The maximum atomic E-state index is 12.2. The van der Waals surface area contributed by atoms with Gasteiger partial charge in [-0.15, -0.1) is 18.3 Å². The second-order valence-electron chi connectivity index (χ2n) is 4.43. The Labute approximate surface area is 127 Å². The molecule has 0 saturated carbocycles. The molecule has 1 heterocycles. The van der Waals surface area contributed by atoms with Crippen LogP contribution in [0.5, 0.6) is 0 Å². The van der Waals surface area contributed by atoms with Gasteiger partial charge in [0.1, 0.15) is 0 Å². The third-order valence-corrected chi connectivity index (χ3v) is 4.34. The lowest BCUT2D eigenvalue weighted by atomic mass is 10.2. The number of hydrogen-bond donors (Lipinski definition) is 0. The first-order valence-electron chi connectivity index (χ1n) is 6.37. The van der Waals surface area contributed by atoms with Gasteiger partial charge < -0.3 is 4.74 Å². The molecule has 21 heavy (non-hydrogen) atoms. The highest BCUT2D eigenvalue weighted by atomic mass is 32.2. The monoisotopic (exact) mass is 305 g/mol. The van der Waals surface area contributed by atoms with Gasteiger partial charge in [-0.3, -0.25) is 14.5 Å². The zero-order valence-corrected chi connectivity index (χ0v) is 12.4. The lowest BCUT2D eigenvalue weighted by Crippen LogP contribution is -2.31. The maximum absolute atomic E-state index is 12.2. The van der Waals surface area contributed by atoms with Crippen molar-refractivity contribution in [1.82, 2.24) is 4.90 Å². The van der Waals surface area contributed by atoms with Gasteiger partial charge >= 0.3 is 5.97 Å². The average Bonchev–Trinajstić information content (AvgIpc) is 2.75. The van der Waals surface area contributed by atoms with Crippen LogP contribution >= 0.6 is 11.8 Å². The molecule has 1 aromatic rings. The largest absolute Gasteiger partial charge is 0.465 e. The van der Waals surface area contributed by atoms with Crippen LogP contribution in [0.25, 0.3) is 0 Å². The van der Waals surface area contributed by atoms with Gasteiger partial charge in [-0.05, 0) is 12.1 Å². The van der Waals surface area contributed by atoms with E-state index in [1.807, 2.05) is 0 Å². The number of benzene rings is 1. The topological polar surface area (TPSA) is 63.7 Å². The molecule has 2 rings (SSSR count). The Balaban J connectivity index is 2.20. The van der Waals surface area contributed by atoms with Crippen molar-refractivity contribution >= 4 is 29.5 Å². The number of esters is 1. The van der Waals surface area contributed by atoms with Crippen molar-refractivity contribution < 1.29 is 19.1 Å². The van der Waals surface area contributed by atoms with Crippen LogP contribution in [-0.4, -0.2) is 41.6 Å². The van der Waals surface area contributed by atoms with Gasteiger partial charge in [0, 0.05) is 17.9 Å². The fourth-order valence-electron chi connectivity index (χ4n) is 2.07. The summed E-state index contributed by atoms with van der Waals surface area (Å²) in [5.41, 5.74) is 0.396. The molecule has 0 spiro atoms. The van der Waals surface area contributed by atoms with Crippen LogP contribution in [0.15, 0.2) is 41.8 Å². The lowest BCUT2D eigenvalue weighted by Gasteiger charge is -2.13. The molecule has 0 aliphatic carbocycles. The van der Waals surface area contributed by atoms with Gasteiger partial charge in [0.15, 0.2) is 0 Å². The van der Waals surface area contributed by atoms with Crippen LogP contribution in [0.1, 0.15) is 16.8 Å². The van der Waals surface area contributed by atoms with Crippen LogP contribution in [0.3, 0.4) is 0 Å². The molecule has 0 bridgehead atoms. The normalized spacial score (nSPS) is 18.0. The number of imide groups is 1. The summed E-state index contributed by atoms with van der Waals surface area (Å²) >= 11 is 1.22. The van der Waals surface area contributed by atoms with Crippen LogP contribution in [-0.2, 0) is 14.3 Å². The number of nitrogens with zero attached hydrogens (tertiary/aromatic N) is 1. The SMILES string of the molecule is C=CCN1C(=O)C[C@H](Sc2ccccc2C(=O)OC)C1=O. The number of thioether (sulfide) groups is 1. The smallest absolute Gasteiger partial charge is 0.338 e. The van der Waals surface area contributed by atoms with E-state index in [-0.39, 0.29) is 24.8 Å². The Hall–Kier alpha value is -2.08. The molecule has 1 atom stereocenters. The molecule has 5 nitrogen and oxygen atoms in total. The number of amides is 2. The summed E-state index contributed by atoms with van der Waals surface area (Å²) < 4.78 is 4.72. The molecule has 0 radical (unpaired) electrons. The Morgan fingerprint density at radius 1 is 1.48 bits per heavy atom. The minimum absolute atomic E-state index is 0.132. The predicted molar refractivity (Wildman–Crippen MR) is 79.0 cm³/mol. The van der Waals surface area contributed by atoms with Crippen LogP contribution in [0, 0.1) is 0 Å². The molecule has 1 aliphatic rings. The van der Waals surface area contributed by atoms with E-state index < -0.39 is 11.2 Å². The standard InChI is InChI=1S/C15H15NO4S/c1-3-8-16-13(17)9-12(14(16)18)21-11-7-5-4-6-10(11)15(19)20-2/h3-7,12H,1,8-9H2,2H3/t12-/m0/s1. The van der Waals surface area contributed by atoms with E-state index in [9.17, 15) is 14.4 Å². The van der Waals surface area contributed by atoms with Crippen molar-refractivity contribution in [3.63, 3.8) is 0 Å². The van der Waals surface area contributed by atoms with Gasteiger partial charge in [0.25, 0.3) is 0 Å². The van der Waals surface area contributed by atoms with E-state index >= 15 is 0 Å². The fraction of sp³-hybridized carbons (Fsp3) is 0.267. The number of hydrogen-bond acceptors (Lipinski definition) is 5.